The van der Waals surface area contributed by atoms with Crippen molar-refractivity contribution in [1.29, 1.82) is 0 Å². The Balaban J connectivity index is 1.68. The number of aromatic amines is 2. The van der Waals surface area contributed by atoms with Crippen LogP contribution in [0.1, 0.15) is 0 Å². The van der Waals surface area contributed by atoms with Crippen LogP contribution in [0.5, 0.6) is 23.0 Å². The van der Waals surface area contributed by atoms with E-state index in [1.165, 1.54) is 7.11 Å². The SMILES string of the molecule is COc1ccc(N=Nc2c(-c3ccc4c(c3)OCO4)[nH][nH]c2=O)cc1OC. The fourth-order valence-electron chi connectivity index (χ4n) is 2.70. The molecule has 9 heteroatoms. The summed E-state index contributed by atoms with van der Waals surface area (Å²) in [5, 5.41) is 13.6. The summed E-state index contributed by atoms with van der Waals surface area (Å²) in [6, 6.07) is 10.5. The van der Waals surface area contributed by atoms with Crippen molar-refractivity contribution in [3.05, 3.63) is 46.8 Å². The Morgan fingerprint density at radius 1 is 0.926 bits per heavy atom. The van der Waals surface area contributed by atoms with Gasteiger partial charge in [0.15, 0.2) is 28.7 Å². The molecule has 27 heavy (non-hydrogen) atoms. The van der Waals surface area contributed by atoms with Gasteiger partial charge in [-0.05, 0) is 30.3 Å². The Morgan fingerprint density at radius 3 is 2.56 bits per heavy atom. The number of fused-ring (bicyclic) bond motifs is 1. The second-order valence-electron chi connectivity index (χ2n) is 5.61. The molecule has 1 aromatic heterocycles. The van der Waals surface area contributed by atoms with Crippen molar-refractivity contribution in [2.45, 2.75) is 0 Å². The molecule has 0 amide bonds. The molecule has 0 unspecified atom stereocenters. The minimum atomic E-state index is -0.383. The summed E-state index contributed by atoms with van der Waals surface area (Å²) in [7, 11) is 3.09. The molecular weight excluding hydrogens is 352 g/mol. The molecule has 2 N–H and O–H groups in total. The predicted octanol–water partition coefficient (Wildman–Crippen LogP) is 3.53. The van der Waals surface area contributed by atoms with Gasteiger partial charge in [0.2, 0.25) is 6.79 Å². The van der Waals surface area contributed by atoms with Crippen molar-refractivity contribution in [1.82, 2.24) is 10.2 Å². The fraction of sp³-hybridized carbons (Fsp3) is 0.167. The van der Waals surface area contributed by atoms with Gasteiger partial charge in [-0.1, -0.05) is 0 Å². The number of azo groups is 1. The van der Waals surface area contributed by atoms with E-state index in [1.807, 2.05) is 6.07 Å². The highest BCUT2D eigenvalue weighted by molar-refractivity contribution is 5.73. The third kappa shape index (κ3) is 3.10. The van der Waals surface area contributed by atoms with Gasteiger partial charge in [0.05, 0.1) is 25.6 Å². The summed E-state index contributed by atoms with van der Waals surface area (Å²) >= 11 is 0. The van der Waals surface area contributed by atoms with E-state index >= 15 is 0 Å². The zero-order chi connectivity index (χ0) is 18.8. The molecule has 138 valence electrons. The van der Waals surface area contributed by atoms with Crippen molar-refractivity contribution in [2.24, 2.45) is 10.2 Å². The molecule has 0 saturated heterocycles. The molecule has 0 radical (unpaired) electrons. The zero-order valence-electron chi connectivity index (χ0n) is 14.6. The molecule has 2 aromatic carbocycles. The lowest BCUT2D eigenvalue weighted by Crippen LogP contribution is -1.96. The average molecular weight is 368 g/mol. The van der Waals surface area contributed by atoms with Gasteiger partial charge in [-0.2, -0.15) is 5.11 Å². The van der Waals surface area contributed by atoms with E-state index in [2.05, 4.69) is 20.4 Å². The van der Waals surface area contributed by atoms with Crippen LogP contribution in [0.2, 0.25) is 0 Å². The predicted molar refractivity (Wildman–Crippen MR) is 96.7 cm³/mol. The minimum absolute atomic E-state index is 0.156. The van der Waals surface area contributed by atoms with Crippen LogP contribution in [0.3, 0.4) is 0 Å². The summed E-state index contributed by atoms with van der Waals surface area (Å²) in [4.78, 5) is 12.2. The molecule has 0 aliphatic carbocycles. The van der Waals surface area contributed by atoms with Gasteiger partial charge in [0, 0.05) is 11.6 Å². The number of ether oxygens (including phenoxy) is 4. The second kappa shape index (κ2) is 6.87. The third-order valence-electron chi connectivity index (χ3n) is 4.05. The van der Waals surface area contributed by atoms with E-state index in [-0.39, 0.29) is 18.0 Å². The third-order valence-corrected chi connectivity index (χ3v) is 4.05. The summed E-state index contributed by atoms with van der Waals surface area (Å²) < 4.78 is 21.1. The normalized spacial score (nSPS) is 12.5. The fourth-order valence-corrected chi connectivity index (χ4v) is 2.70. The Hall–Kier alpha value is -3.75. The van der Waals surface area contributed by atoms with Gasteiger partial charge in [-0.25, -0.2) is 0 Å². The maximum atomic E-state index is 12.2. The number of nitrogens with one attached hydrogen (secondary N) is 2. The molecule has 1 aliphatic rings. The van der Waals surface area contributed by atoms with Crippen molar-refractivity contribution >= 4 is 11.4 Å². The van der Waals surface area contributed by atoms with E-state index in [0.717, 1.165) is 5.56 Å². The number of hydrogen-bond donors (Lipinski definition) is 2. The lowest BCUT2D eigenvalue weighted by atomic mass is 10.1. The van der Waals surface area contributed by atoms with Crippen LogP contribution in [0.15, 0.2) is 51.4 Å². The molecule has 3 aromatic rings. The van der Waals surface area contributed by atoms with Crippen LogP contribution < -0.4 is 24.5 Å². The van der Waals surface area contributed by atoms with E-state index in [1.54, 1.807) is 37.4 Å². The number of hydrogen-bond acceptors (Lipinski definition) is 7. The topological polar surface area (TPSA) is 110 Å². The Kier molecular flexibility index (Phi) is 4.25. The molecule has 0 atom stereocenters. The monoisotopic (exact) mass is 368 g/mol. The van der Waals surface area contributed by atoms with Gasteiger partial charge in [0.25, 0.3) is 5.56 Å². The first-order valence-electron chi connectivity index (χ1n) is 8.04. The van der Waals surface area contributed by atoms with Crippen molar-refractivity contribution < 1.29 is 18.9 Å². The van der Waals surface area contributed by atoms with Gasteiger partial charge >= 0.3 is 0 Å². The number of methoxy groups -OCH3 is 2. The van der Waals surface area contributed by atoms with E-state index in [0.29, 0.717) is 34.4 Å². The van der Waals surface area contributed by atoms with E-state index < -0.39 is 0 Å². The quantitative estimate of drug-likeness (QED) is 0.669. The largest absolute Gasteiger partial charge is 0.493 e. The lowest BCUT2D eigenvalue weighted by molar-refractivity contribution is 0.174. The second-order valence-corrected chi connectivity index (χ2v) is 5.61. The molecule has 0 fully saturated rings. The highest BCUT2D eigenvalue weighted by atomic mass is 16.7. The highest BCUT2D eigenvalue weighted by Gasteiger charge is 2.17. The smallest absolute Gasteiger partial charge is 0.292 e. The van der Waals surface area contributed by atoms with Crippen LogP contribution in [0, 0.1) is 0 Å². The van der Waals surface area contributed by atoms with Crippen molar-refractivity contribution in [2.75, 3.05) is 21.0 Å². The maximum absolute atomic E-state index is 12.2. The van der Waals surface area contributed by atoms with Crippen LogP contribution in [0.25, 0.3) is 11.3 Å². The maximum Gasteiger partial charge on any atom is 0.292 e. The summed E-state index contributed by atoms with van der Waals surface area (Å²) in [6.45, 7) is 0.175. The molecule has 0 bridgehead atoms. The molecular formula is C18H16N4O5. The standard InChI is InChI=1S/C18H16N4O5/c1-24-12-6-4-11(8-14(12)25-2)19-21-17-16(20-22-18(17)23)10-3-5-13-15(7-10)27-9-26-13/h3-8H,9H2,1-2H3,(H2,20,22,23). The lowest BCUT2D eigenvalue weighted by Gasteiger charge is -2.06. The van der Waals surface area contributed by atoms with Gasteiger partial charge in [-0.15, -0.1) is 5.11 Å². The first-order valence-corrected chi connectivity index (χ1v) is 8.04. The van der Waals surface area contributed by atoms with Crippen LogP contribution in [-0.2, 0) is 0 Å². The van der Waals surface area contributed by atoms with Crippen LogP contribution >= 0.6 is 0 Å². The summed E-state index contributed by atoms with van der Waals surface area (Å²) in [5.41, 5.74) is 1.52. The van der Waals surface area contributed by atoms with Crippen molar-refractivity contribution in [3.63, 3.8) is 0 Å². The van der Waals surface area contributed by atoms with E-state index in [4.69, 9.17) is 18.9 Å². The molecule has 4 rings (SSSR count). The number of rotatable bonds is 5. The van der Waals surface area contributed by atoms with Gasteiger partial charge in [-0.3, -0.25) is 15.0 Å². The first-order chi connectivity index (χ1) is 13.2. The Morgan fingerprint density at radius 2 is 1.74 bits per heavy atom. The first kappa shape index (κ1) is 16.7. The highest BCUT2D eigenvalue weighted by Crippen LogP contribution is 2.37. The Bertz CT molecular complexity index is 1070. The van der Waals surface area contributed by atoms with Crippen LogP contribution in [0.4, 0.5) is 11.4 Å². The molecule has 1 aliphatic heterocycles. The van der Waals surface area contributed by atoms with Gasteiger partial charge in [0.1, 0.15) is 0 Å². The number of aromatic nitrogens is 2. The van der Waals surface area contributed by atoms with Gasteiger partial charge < -0.3 is 18.9 Å². The number of H-pyrrole nitrogens is 2. The Labute approximate surface area is 153 Å². The van der Waals surface area contributed by atoms with Crippen LogP contribution in [-0.4, -0.2) is 31.2 Å². The molecule has 2 heterocycles. The molecule has 9 nitrogen and oxygen atoms in total. The number of nitrogens with zero attached hydrogens (tertiary/aromatic N) is 2. The average Bonchev–Trinajstić information content (AvgIpc) is 3.31. The number of benzene rings is 2. The van der Waals surface area contributed by atoms with E-state index in [9.17, 15) is 4.79 Å². The molecule has 0 spiro atoms. The zero-order valence-corrected chi connectivity index (χ0v) is 14.6. The summed E-state index contributed by atoms with van der Waals surface area (Å²) in [5.74, 6) is 2.37. The minimum Gasteiger partial charge on any atom is -0.493 e. The van der Waals surface area contributed by atoms with Crippen molar-refractivity contribution in [3.8, 4) is 34.3 Å². The molecule has 0 saturated carbocycles. The summed E-state index contributed by atoms with van der Waals surface area (Å²) in [6.07, 6.45) is 0.